The van der Waals surface area contributed by atoms with Crippen molar-refractivity contribution >= 4 is 33.6 Å². The Morgan fingerprint density at radius 3 is 2.34 bits per heavy atom. The van der Waals surface area contributed by atoms with Crippen LogP contribution >= 0.6 is 0 Å². The van der Waals surface area contributed by atoms with Gasteiger partial charge in [-0.15, -0.1) is 0 Å². The van der Waals surface area contributed by atoms with E-state index in [1.807, 2.05) is 48.7 Å². The van der Waals surface area contributed by atoms with Gasteiger partial charge in [0.25, 0.3) is 0 Å². The van der Waals surface area contributed by atoms with E-state index in [0.29, 0.717) is 0 Å². The number of aliphatic imine (C=N–C) groups is 1. The molecule has 3 heteroatoms. The summed E-state index contributed by atoms with van der Waals surface area (Å²) in [6.45, 7) is 0. The van der Waals surface area contributed by atoms with E-state index in [4.69, 9.17) is 9.73 Å². The summed E-state index contributed by atoms with van der Waals surface area (Å²) in [5, 5.41) is 3.42. The van der Waals surface area contributed by atoms with Gasteiger partial charge in [0.15, 0.2) is 0 Å². The topological polar surface area (TPSA) is 37.4 Å². The van der Waals surface area contributed by atoms with Gasteiger partial charge in [-0.1, -0.05) is 78.9 Å². The van der Waals surface area contributed by atoms with Crippen LogP contribution in [0.5, 0.6) is 5.75 Å². The molecule has 0 fully saturated rings. The molecule has 29 heavy (non-hydrogen) atoms. The van der Waals surface area contributed by atoms with E-state index in [9.17, 15) is 0 Å². The second-order valence-electron chi connectivity index (χ2n) is 6.92. The molecule has 0 aliphatic rings. The lowest BCUT2D eigenvalue weighted by atomic mass is 10.1. The number of para-hydroxylation sites is 1. The van der Waals surface area contributed by atoms with E-state index in [-0.39, 0.29) is 0 Å². The largest absolute Gasteiger partial charge is 0.495 e. The summed E-state index contributed by atoms with van der Waals surface area (Å²) in [6, 6.07) is 30.9. The van der Waals surface area contributed by atoms with Crippen molar-refractivity contribution in [2.45, 2.75) is 0 Å². The van der Waals surface area contributed by atoms with Crippen LogP contribution < -0.4 is 4.74 Å². The van der Waals surface area contributed by atoms with Gasteiger partial charge in [-0.2, -0.15) is 0 Å². The first-order valence-corrected chi connectivity index (χ1v) is 9.61. The highest BCUT2D eigenvalue weighted by atomic mass is 16.5. The molecule has 0 aliphatic carbocycles. The Bertz CT molecular complexity index is 1330. The van der Waals surface area contributed by atoms with Gasteiger partial charge in [-0.25, -0.2) is 0 Å². The molecule has 0 radical (unpaired) electrons. The number of rotatable bonds is 4. The number of hydrogen-bond donors (Lipinski definition) is 1. The van der Waals surface area contributed by atoms with Crippen LogP contribution in [0, 0.1) is 0 Å². The zero-order valence-electron chi connectivity index (χ0n) is 16.1. The highest BCUT2D eigenvalue weighted by molar-refractivity contribution is 6.08. The Kier molecular flexibility index (Phi) is 4.34. The summed E-state index contributed by atoms with van der Waals surface area (Å²) in [6.07, 6.45) is 1.96. The van der Waals surface area contributed by atoms with Crippen molar-refractivity contribution in [3.63, 3.8) is 0 Å². The average molecular weight is 376 g/mol. The Morgan fingerprint density at radius 2 is 1.48 bits per heavy atom. The van der Waals surface area contributed by atoms with Crippen molar-refractivity contribution in [1.29, 1.82) is 0 Å². The van der Waals surface area contributed by atoms with Gasteiger partial charge in [0, 0.05) is 22.6 Å². The predicted molar refractivity (Wildman–Crippen MR) is 121 cm³/mol. The van der Waals surface area contributed by atoms with Crippen molar-refractivity contribution in [2.24, 2.45) is 4.99 Å². The molecule has 0 saturated heterocycles. The molecule has 5 rings (SSSR count). The number of H-pyrrole nitrogens is 1. The normalized spacial score (nSPS) is 11.5. The fourth-order valence-electron chi connectivity index (χ4n) is 3.80. The second kappa shape index (κ2) is 7.28. The standard InChI is InChI=1S/C26H20N2O/c1-29-24-16-8-14-21-22(25(28-26(21)24)19-10-3-2-4-11-19)17-27-23-15-7-12-18-9-5-6-13-20(18)23/h2-17,28H,1H3. The number of aromatic nitrogens is 1. The Hall–Kier alpha value is -3.85. The van der Waals surface area contributed by atoms with E-state index in [1.54, 1.807) is 7.11 Å². The molecule has 0 spiro atoms. The highest BCUT2D eigenvalue weighted by Gasteiger charge is 2.14. The first-order valence-electron chi connectivity index (χ1n) is 9.61. The summed E-state index contributed by atoms with van der Waals surface area (Å²) in [5.74, 6) is 0.824. The summed E-state index contributed by atoms with van der Waals surface area (Å²) in [7, 11) is 1.70. The Balaban J connectivity index is 1.72. The minimum Gasteiger partial charge on any atom is -0.495 e. The number of aromatic amines is 1. The molecule has 3 nitrogen and oxygen atoms in total. The zero-order valence-corrected chi connectivity index (χ0v) is 16.1. The third kappa shape index (κ3) is 3.07. The van der Waals surface area contributed by atoms with Crippen molar-refractivity contribution in [3.05, 3.63) is 96.6 Å². The van der Waals surface area contributed by atoms with Gasteiger partial charge in [0.2, 0.25) is 0 Å². The lowest BCUT2D eigenvalue weighted by Crippen LogP contribution is -1.85. The number of hydrogen-bond acceptors (Lipinski definition) is 2. The predicted octanol–water partition coefficient (Wildman–Crippen LogP) is 6.75. The lowest BCUT2D eigenvalue weighted by molar-refractivity contribution is 0.419. The zero-order chi connectivity index (χ0) is 19.6. The molecule has 0 amide bonds. The Morgan fingerprint density at radius 1 is 0.759 bits per heavy atom. The van der Waals surface area contributed by atoms with E-state index in [1.165, 1.54) is 5.39 Å². The number of nitrogens with one attached hydrogen (secondary N) is 1. The van der Waals surface area contributed by atoms with Gasteiger partial charge < -0.3 is 9.72 Å². The number of nitrogens with zero attached hydrogens (tertiary/aromatic N) is 1. The van der Waals surface area contributed by atoms with Crippen LogP contribution in [-0.2, 0) is 0 Å². The van der Waals surface area contributed by atoms with Crippen molar-refractivity contribution in [1.82, 2.24) is 4.98 Å². The van der Waals surface area contributed by atoms with Crippen LogP contribution in [-0.4, -0.2) is 18.3 Å². The van der Waals surface area contributed by atoms with Crippen LogP contribution in [0.15, 0.2) is 96.0 Å². The average Bonchev–Trinajstić information content (AvgIpc) is 3.17. The minimum atomic E-state index is 0.824. The van der Waals surface area contributed by atoms with Crippen molar-refractivity contribution < 1.29 is 4.74 Å². The first-order chi connectivity index (χ1) is 14.3. The van der Waals surface area contributed by atoms with Crippen LogP contribution in [0.2, 0.25) is 0 Å². The molecule has 0 atom stereocenters. The first kappa shape index (κ1) is 17.3. The summed E-state index contributed by atoms with van der Waals surface area (Å²) < 4.78 is 5.58. The molecule has 1 N–H and O–H groups in total. The molecule has 0 aliphatic heterocycles. The number of ether oxygens (including phenoxy) is 1. The van der Waals surface area contributed by atoms with E-state index in [0.717, 1.165) is 44.5 Å². The number of methoxy groups -OCH3 is 1. The number of benzene rings is 4. The second-order valence-corrected chi connectivity index (χ2v) is 6.92. The minimum absolute atomic E-state index is 0.824. The Labute approximate surface area is 169 Å². The maximum atomic E-state index is 5.58. The van der Waals surface area contributed by atoms with Crippen LogP contribution in [0.1, 0.15) is 5.56 Å². The maximum Gasteiger partial charge on any atom is 0.142 e. The fourth-order valence-corrected chi connectivity index (χ4v) is 3.80. The molecule has 1 aromatic heterocycles. The van der Waals surface area contributed by atoms with E-state index < -0.39 is 0 Å². The van der Waals surface area contributed by atoms with Crippen LogP contribution in [0.25, 0.3) is 32.9 Å². The molecular formula is C26H20N2O. The monoisotopic (exact) mass is 376 g/mol. The molecule has 4 aromatic carbocycles. The van der Waals surface area contributed by atoms with Crippen molar-refractivity contribution in [2.75, 3.05) is 7.11 Å². The van der Waals surface area contributed by atoms with Gasteiger partial charge in [-0.3, -0.25) is 4.99 Å². The van der Waals surface area contributed by atoms with Gasteiger partial charge in [-0.05, 0) is 23.1 Å². The molecular weight excluding hydrogens is 356 g/mol. The van der Waals surface area contributed by atoms with Crippen LogP contribution in [0.4, 0.5) is 5.69 Å². The molecule has 140 valence electrons. The van der Waals surface area contributed by atoms with Gasteiger partial charge >= 0.3 is 0 Å². The van der Waals surface area contributed by atoms with Crippen molar-refractivity contribution in [3.8, 4) is 17.0 Å². The highest BCUT2D eigenvalue weighted by Crippen LogP contribution is 2.34. The van der Waals surface area contributed by atoms with E-state index in [2.05, 4.69) is 53.5 Å². The molecule has 0 saturated carbocycles. The quantitative estimate of drug-likeness (QED) is 0.346. The lowest BCUT2D eigenvalue weighted by Gasteiger charge is -2.03. The molecule has 5 aromatic rings. The number of fused-ring (bicyclic) bond motifs is 2. The fraction of sp³-hybridized carbons (Fsp3) is 0.0385. The van der Waals surface area contributed by atoms with Gasteiger partial charge in [0.1, 0.15) is 5.75 Å². The molecule has 0 unspecified atom stereocenters. The third-order valence-electron chi connectivity index (χ3n) is 5.22. The summed E-state index contributed by atoms with van der Waals surface area (Å²) >= 11 is 0. The summed E-state index contributed by atoms with van der Waals surface area (Å²) in [4.78, 5) is 8.44. The van der Waals surface area contributed by atoms with Crippen LogP contribution in [0.3, 0.4) is 0 Å². The smallest absolute Gasteiger partial charge is 0.142 e. The molecule has 0 bridgehead atoms. The van der Waals surface area contributed by atoms with E-state index >= 15 is 0 Å². The van der Waals surface area contributed by atoms with Gasteiger partial charge in [0.05, 0.1) is 24.0 Å². The third-order valence-corrected chi connectivity index (χ3v) is 5.22. The maximum absolute atomic E-state index is 5.58. The SMILES string of the molecule is COc1cccc2c(C=Nc3cccc4ccccc34)c(-c3ccccc3)[nH]c12. The molecule has 1 heterocycles. The summed E-state index contributed by atoms with van der Waals surface area (Å²) in [5.41, 5.74) is 5.14.